The molecule has 1 heterocycles. The molecular formula is C27H29NO5. The summed E-state index contributed by atoms with van der Waals surface area (Å²) in [6, 6.07) is 13.6. The highest BCUT2D eigenvalue weighted by molar-refractivity contribution is 6.03. The summed E-state index contributed by atoms with van der Waals surface area (Å²) >= 11 is 0. The van der Waals surface area contributed by atoms with Gasteiger partial charge in [-0.3, -0.25) is 4.79 Å². The zero-order chi connectivity index (χ0) is 23.5. The van der Waals surface area contributed by atoms with E-state index < -0.39 is 11.9 Å². The van der Waals surface area contributed by atoms with Crippen LogP contribution in [0, 0.1) is 6.92 Å². The summed E-state index contributed by atoms with van der Waals surface area (Å²) < 4.78 is 16.7. The lowest BCUT2D eigenvalue weighted by molar-refractivity contribution is -0.136. The number of ether oxygens (including phenoxy) is 3. The first-order valence-corrected chi connectivity index (χ1v) is 11.1. The molecule has 1 aliphatic heterocycles. The van der Waals surface area contributed by atoms with Crippen molar-refractivity contribution in [3.8, 4) is 11.5 Å². The van der Waals surface area contributed by atoms with Crippen LogP contribution in [0.3, 0.4) is 0 Å². The maximum absolute atomic E-state index is 13.0. The summed E-state index contributed by atoms with van der Waals surface area (Å²) in [5, 5.41) is 3.29. The van der Waals surface area contributed by atoms with Crippen LogP contribution < -0.4 is 14.8 Å². The number of esters is 1. The summed E-state index contributed by atoms with van der Waals surface area (Å²) in [5.74, 6) is 0.572. The van der Waals surface area contributed by atoms with E-state index in [1.165, 1.54) is 7.11 Å². The molecule has 6 heteroatoms. The summed E-state index contributed by atoms with van der Waals surface area (Å²) in [5.41, 5.74) is 5.56. The molecule has 6 nitrogen and oxygen atoms in total. The molecule has 0 amide bonds. The molecule has 0 bridgehead atoms. The third-order valence-corrected chi connectivity index (χ3v) is 6.23. The van der Waals surface area contributed by atoms with Gasteiger partial charge >= 0.3 is 5.97 Å². The smallest absolute Gasteiger partial charge is 0.336 e. The summed E-state index contributed by atoms with van der Waals surface area (Å²) in [4.78, 5) is 25.8. The number of ketones is 1. The number of carbonyl (C=O) groups is 2. The zero-order valence-electron chi connectivity index (χ0n) is 19.5. The highest BCUT2D eigenvalue weighted by Crippen LogP contribution is 2.43. The Morgan fingerprint density at radius 1 is 1.06 bits per heavy atom. The fraction of sp³-hybridized carbons (Fsp3) is 0.333. The Bertz CT molecular complexity index is 1140. The predicted octanol–water partition coefficient (Wildman–Crippen LogP) is 4.72. The molecule has 0 saturated carbocycles. The van der Waals surface area contributed by atoms with Gasteiger partial charge in [0.25, 0.3) is 0 Å². The van der Waals surface area contributed by atoms with Crippen LogP contribution in [0.1, 0.15) is 48.8 Å². The number of allylic oxidation sites excluding steroid dienone is 3. The number of aryl methyl sites for hydroxylation is 1. The largest absolute Gasteiger partial charge is 0.496 e. The molecule has 0 radical (unpaired) electrons. The average Bonchev–Trinajstić information content (AvgIpc) is 2.82. The predicted molar refractivity (Wildman–Crippen MR) is 125 cm³/mol. The molecule has 1 atom stereocenters. The molecule has 0 aromatic heterocycles. The van der Waals surface area contributed by atoms with Crippen molar-refractivity contribution in [2.45, 2.75) is 45.6 Å². The number of methoxy groups -OCH3 is 2. The van der Waals surface area contributed by atoms with Crippen LogP contribution in [0.4, 0.5) is 0 Å². The van der Waals surface area contributed by atoms with Crippen LogP contribution >= 0.6 is 0 Å². The normalized spacial score (nSPS) is 17.9. The van der Waals surface area contributed by atoms with E-state index in [4.69, 9.17) is 14.2 Å². The maximum atomic E-state index is 13.0. The van der Waals surface area contributed by atoms with Gasteiger partial charge < -0.3 is 19.5 Å². The van der Waals surface area contributed by atoms with E-state index in [0.29, 0.717) is 35.6 Å². The van der Waals surface area contributed by atoms with Gasteiger partial charge in [0.1, 0.15) is 18.1 Å². The second-order valence-electron chi connectivity index (χ2n) is 8.43. The minimum atomic E-state index is -0.495. The Morgan fingerprint density at radius 3 is 2.52 bits per heavy atom. The van der Waals surface area contributed by atoms with E-state index in [-0.39, 0.29) is 5.78 Å². The maximum Gasteiger partial charge on any atom is 0.336 e. The second-order valence-corrected chi connectivity index (χ2v) is 8.43. The molecule has 0 saturated heterocycles. The van der Waals surface area contributed by atoms with Gasteiger partial charge in [-0.15, -0.1) is 0 Å². The monoisotopic (exact) mass is 447 g/mol. The molecule has 4 rings (SSSR count). The standard InChI is InChI=1S/C27H29NO5/c1-16-8-11-20(12-9-16)33-15-19-14-18(10-13-23(19)31-3)25-24(27(30)32-4)17(2)28-21-6-5-7-22(29)26(21)25/h8-14,25,28H,5-7,15H2,1-4H3. The van der Waals surface area contributed by atoms with Gasteiger partial charge in [-0.2, -0.15) is 0 Å². The molecular weight excluding hydrogens is 418 g/mol. The van der Waals surface area contributed by atoms with Crippen molar-refractivity contribution in [2.75, 3.05) is 14.2 Å². The lowest BCUT2D eigenvalue weighted by atomic mass is 9.75. The van der Waals surface area contributed by atoms with Crippen molar-refractivity contribution in [1.29, 1.82) is 0 Å². The fourth-order valence-electron chi connectivity index (χ4n) is 4.58. The van der Waals surface area contributed by atoms with E-state index >= 15 is 0 Å². The molecule has 1 unspecified atom stereocenters. The van der Waals surface area contributed by atoms with Crippen molar-refractivity contribution >= 4 is 11.8 Å². The molecule has 172 valence electrons. The lowest BCUT2D eigenvalue weighted by Gasteiger charge is -2.34. The average molecular weight is 448 g/mol. The molecule has 2 aromatic carbocycles. The second kappa shape index (κ2) is 9.53. The van der Waals surface area contributed by atoms with Crippen molar-refractivity contribution in [3.05, 3.63) is 81.7 Å². The van der Waals surface area contributed by atoms with Crippen LogP contribution in [0.15, 0.2) is 65.0 Å². The summed E-state index contributed by atoms with van der Waals surface area (Å²) in [6.07, 6.45) is 2.06. The van der Waals surface area contributed by atoms with Gasteiger partial charge in [-0.25, -0.2) is 4.79 Å². The van der Waals surface area contributed by atoms with Crippen molar-refractivity contribution in [3.63, 3.8) is 0 Å². The zero-order valence-corrected chi connectivity index (χ0v) is 19.5. The summed E-state index contributed by atoms with van der Waals surface area (Å²) in [6.45, 7) is 4.17. The Balaban J connectivity index is 1.75. The Hall–Kier alpha value is -3.54. The third-order valence-electron chi connectivity index (χ3n) is 6.23. The van der Waals surface area contributed by atoms with Gasteiger partial charge in [0.15, 0.2) is 5.78 Å². The first-order chi connectivity index (χ1) is 15.9. The van der Waals surface area contributed by atoms with Crippen molar-refractivity contribution in [2.24, 2.45) is 0 Å². The number of carbonyl (C=O) groups excluding carboxylic acids is 2. The van der Waals surface area contributed by atoms with E-state index in [2.05, 4.69) is 5.32 Å². The van der Waals surface area contributed by atoms with Gasteiger partial charge in [0.2, 0.25) is 0 Å². The number of hydrogen-bond acceptors (Lipinski definition) is 6. The molecule has 2 aliphatic rings. The quantitative estimate of drug-likeness (QED) is 0.646. The Morgan fingerprint density at radius 2 is 1.82 bits per heavy atom. The minimum Gasteiger partial charge on any atom is -0.496 e. The Kier molecular flexibility index (Phi) is 6.54. The topological polar surface area (TPSA) is 73.9 Å². The first kappa shape index (κ1) is 22.6. The van der Waals surface area contributed by atoms with Crippen molar-refractivity contribution < 1.29 is 23.8 Å². The number of benzene rings is 2. The van der Waals surface area contributed by atoms with Crippen LogP contribution in [0.5, 0.6) is 11.5 Å². The number of Topliss-reactive ketones (excluding diaryl/α,β-unsaturated/α-hetero) is 1. The van der Waals surface area contributed by atoms with E-state index in [1.54, 1.807) is 7.11 Å². The van der Waals surface area contributed by atoms with Crippen LogP contribution in [-0.4, -0.2) is 26.0 Å². The van der Waals surface area contributed by atoms with Gasteiger partial charge in [0.05, 0.1) is 19.8 Å². The van der Waals surface area contributed by atoms with Gasteiger partial charge in [-0.05, 0) is 56.5 Å². The van der Waals surface area contributed by atoms with E-state index in [0.717, 1.165) is 41.0 Å². The molecule has 33 heavy (non-hydrogen) atoms. The minimum absolute atomic E-state index is 0.0657. The van der Waals surface area contributed by atoms with Crippen molar-refractivity contribution in [1.82, 2.24) is 5.32 Å². The first-order valence-electron chi connectivity index (χ1n) is 11.1. The van der Waals surface area contributed by atoms with Gasteiger partial charge in [-0.1, -0.05) is 23.8 Å². The van der Waals surface area contributed by atoms with Crippen LogP contribution in [0.2, 0.25) is 0 Å². The number of dihydropyridines is 1. The highest BCUT2D eigenvalue weighted by Gasteiger charge is 2.39. The molecule has 0 spiro atoms. The number of rotatable bonds is 6. The van der Waals surface area contributed by atoms with Gasteiger partial charge in [0, 0.05) is 34.9 Å². The lowest BCUT2D eigenvalue weighted by Crippen LogP contribution is -2.34. The molecule has 1 aliphatic carbocycles. The molecule has 0 fully saturated rings. The van der Waals surface area contributed by atoms with E-state index in [1.807, 2.05) is 56.3 Å². The van der Waals surface area contributed by atoms with Crippen LogP contribution in [-0.2, 0) is 20.9 Å². The summed E-state index contributed by atoms with van der Waals surface area (Å²) in [7, 11) is 2.98. The number of hydrogen-bond donors (Lipinski definition) is 1. The fourth-order valence-corrected chi connectivity index (χ4v) is 4.58. The number of nitrogens with one attached hydrogen (secondary N) is 1. The Labute approximate surface area is 194 Å². The molecule has 2 aromatic rings. The van der Waals surface area contributed by atoms with Crippen LogP contribution in [0.25, 0.3) is 0 Å². The molecule has 1 N–H and O–H groups in total. The SMILES string of the molecule is COC(=O)C1=C(C)NC2=C(C(=O)CCC2)C1c1ccc(OC)c(COc2ccc(C)cc2)c1. The third kappa shape index (κ3) is 4.51. The van der Waals surface area contributed by atoms with E-state index in [9.17, 15) is 9.59 Å². The highest BCUT2D eigenvalue weighted by atomic mass is 16.5.